The van der Waals surface area contributed by atoms with Crippen LogP contribution in [-0.2, 0) is 6.18 Å². The molecule has 0 fully saturated rings. The van der Waals surface area contributed by atoms with Crippen molar-refractivity contribution in [3.8, 4) is 17.9 Å². The summed E-state index contributed by atoms with van der Waals surface area (Å²) in [4.78, 5) is 3.14. The van der Waals surface area contributed by atoms with E-state index in [0.29, 0.717) is 0 Å². The number of hydrogen-bond acceptors (Lipinski definition) is 2. The van der Waals surface area contributed by atoms with Crippen molar-refractivity contribution in [1.82, 2.24) is 4.98 Å². The SMILES string of the molecule is N#CCC#Cc1cc(Cl)nc(C(F)(F)F)c1. The van der Waals surface area contributed by atoms with Crippen molar-refractivity contribution in [2.45, 2.75) is 12.6 Å². The van der Waals surface area contributed by atoms with Crippen LogP contribution < -0.4 is 0 Å². The summed E-state index contributed by atoms with van der Waals surface area (Å²) in [5.41, 5.74) is -1.01. The lowest BCUT2D eigenvalue weighted by Crippen LogP contribution is -2.08. The molecule has 0 spiro atoms. The van der Waals surface area contributed by atoms with Crippen molar-refractivity contribution < 1.29 is 13.2 Å². The van der Waals surface area contributed by atoms with Gasteiger partial charge in [0.15, 0.2) is 0 Å². The predicted octanol–water partition coefficient (Wildman–Crippen LogP) is 3.02. The van der Waals surface area contributed by atoms with Crippen molar-refractivity contribution >= 4 is 11.6 Å². The highest BCUT2D eigenvalue weighted by atomic mass is 35.5. The van der Waals surface area contributed by atoms with Gasteiger partial charge in [-0.1, -0.05) is 23.4 Å². The minimum absolute atomic E-state index is 0.0543. The molecule has 0 saturated heterocycles. The molecule has 0 saturated carbocycles. The van der Waals surface area contributed by atoms with E-state index >= 15 is 0 Å². The van der Waals surface area contributed by atoms with E-state index in [-0.39, 0.29) is 17.1 Å². The van der Waals surface area contributed by atoms with Crippen LogP contribution in [0.1, 0.15) is 17.7 Å². The Morgan fingerprint density at radius 2 is 2.06 bits per heavy atom. The number of halogens is 4. The number of pyridine rings is 1. The Balaban J connectivity index is 3.11. The van der Waals surface area contributed by atoms with Gasteiger partial charge in [0.2, 0.25) is 0 Å². The van der Waals surface area contributed by atoms with Gasteiger partial charge in [0.05, 0.1) is 12.5 Å². The molecule has 0 amide bonds. The third-order valence-electron chi connectivity index (χ3n) is 1.48. The first-order valence-electron chi connectivity index (χ1n) is 4.04. The summed E-state index contributed by atoms with van der Waals surface area (Å²) in [6.45, 7) is 0. The van der Waals surface area contributed by atoms with E-state index in [1.807, 2.05) is 0 Å². The molecule has 0 aliphatic carbocycles. The largest absolute Gasteiger partial charge is 0.433 e. The quantitative estimate of drug-likeness (QED) is 0.520. The number of aromatic nitrogens is 1. The molecule has 0 aromatic carbocycles. The van der Waals surface area contributed by atoms with Crippen LogP contribution >= 0.6 is 11.6 Å². The predicted molar refractivity (Wildman–Crippen MR) is 51.4 cm³/mol. The van der Waals surface area contributed by atoms with Crippen LogP contribution in [0, 0.1) is 23.2 Å². The van der Waals surface area contributed by atoms with Crippen LogP contribution in [0.2, 0.25) is 5.15 Å². The molecule has 0 aliphatic heterocycles. The molecule has 0 atom stereocenters. The summed E-state index contributed by atoms with van der Waals surface area (Å²) >= 11 is 5.42. The summed E-state index contributed by atoms with van der Waals surface area (Å²) in [5, 5.41) is 7.93. The number of alkyl halides is 3. The number of nitriles is 1. The fraction of sp³-hybridized carbons (Fsp3) is 0.200. The van der Waals surface area contributed by atoms with Crippen molar-refractivity contribution in [3.05, 3.63) is 28.5 Å². The summed E-state index contributed by atoms with van der Waals surface area (Å²) in [6.07, 6.45) is -4.61. The standard InChI is InChI=1S/C10H4ClF3N2/c11-9-6-7(3-1-2-4-15)5-8(16-9)10(12,13)14/h5-6H,2H2. The van der Waals surface area contributed by atoms with Gasteiger partial charge in [-0.15, -0.1) is 0 Å². The Hall–Kier alpha value is -1.72. The second-order valence-corrected chi connectivity index (χ2v) is 3.09. The van der Waals surface area contributed by atoms with Gasteiger partial charge in [-0.3, -0.25) is 0 Å². The summed E-state index contributed by atoms with van der Waals surface area (Å²) in [5.74, 6) is 4.79. The molecule has 1 heterocycles. The summed E-state index contributed by atoms with van der Waals surface area (Å²) in [7, 11) is 0. The van der Waals surface area contributed by atoms with Crippen LogP contribution in [0.25, 0.3) is 0 Å². The third-order valence-corrected chi connectivity index (χ3v) is 1.68. The molecular weight excluding hydrogens is 241 g/mol. The average molecular weight is 245 g/mol. The molecule has 6 heteroatoms. The number of hydrogen-bond donors (Lipinski definition) is 0. The molecule has 0 radical (unpaired) electrons. The lowest BCUT2D eigenvalue weighted by Gasteiger charge is -2.05. The number of rotatable bonds is 0. The molecule has 2 nitrogen and oxygen atoms in total. The molecule has 0 aliphatic rings. The van der Waals surface area contributed by atoms with E-state index in [2.05, 4.69) is 16.8 Å². The zero-order valence-electron chi connectivity index (χ0n) is 7.77. The maximum absolute atomic E-state index is 12.3. The third kappa shape index (κ3) is 3.45. The van der Waals surface area contributed by atoms with E-state index in [1.165, 1.54) is 6.07 Å². The highest BCUT2D eigenvalue weighted by Gasteiger charge is 2.33. The average Bonchev–Trinajstić information content (AvgIpc) is 2.16. The van der Waals surface area contributed by atoms with Gasteiger partial charge < -0.3 is 0 Å². The molecule has 1 aromatic rings. The maximum atomic E-state index is 12.3. The first kappa shape index (κ1) is 12.4. The first-order valence-corrected chi connectivity index (χ1v) is 4.42. The van der Waals surface area contributed by atoms with Gasteiger partial charge in [0.1, 0.15) is 10.8 Å². The minimum Gasteiger partial charge on any atom is -0.232 e. The lowest BCUT2D eigenvalue weighted by atomic mass is 10.2. The highest BCUT2D eigenvalue weighted by molar-refractivity contribution is 6.29. The highest BCUT2D eigenvalue weighted by Crippen LogP contribution is 2.29. The van der Waals surface area contributed by atoms with E-state index < -0.39 is 11.9 Å². The topological polar surface area (TPSA) is 36.7 Å². The van der Waals surface area contributed by atoms with Gasteiger partial charge >= 0.3 is 6.18 Å². The summed E-state index contributed by atoms with van der Waals surface area (Å²) < 4.78 is 36.9. The van der Waals surface area contributed by atoms with Gasteiger partial charge in [-0.25, -0.2) is 4.98 Å². The number of nitrogens with zero attached hydrogens (tertiary/aromatic N) is 2. The van der Waals surface area contributed by atoms with E-state index in [4.69, 9.17) is 16.9 Å². The monoisotopic (exact) mass is 244 g/mol. The zero-order valence-corrected chi connectivity index (χ0v) is 8.52. The van der Waals surface area contributed by atoms with Gasteiger partial charge in [-0.05, 0) is 12.1 Å². The van der Waals surface area contributed by atoms with E-state index in [0.717, 1.165) is 6.07 Å². The molecule has 0 unspecified atom stereocenters. The van der Waals surface area contributed by atoms with E-state index in [9.17, 15) is 13.2 Å². The molecular formula is C10H4ClF3N2. The van der Waals surface area contributed by atoms with Crippen molar-refractivity contribution in [1.29, 1.82) is 5.26 Å². The van der Waals surface area contributed by atoms with Crippen molar-refractivity contribution in [2.75, 3.05) is 0 Å². The Morgan fingerprint density at radius 3 is 2.62 bits per heavy atom. The zero-order chi connectivity index (χ0) is 12.2. The first-order chi connectivity index (χ1) is 7.43. The van der Waals surface area contributed by atoms with Crippen LogP contribution in [0.4, 0.5) is 13.2 Å². The fourth-order valence-electron chi connectivity index (χ4n) is 0.900. The molecule has 82 valence electrons. The minimum atomic E-state index is -4.56. The van der Waals surface area contributed by atoms with E-state index in [1.54, 1.807) is 6.07 Å². The van der Waals surface area contributed by atoms with Crippen LogP contribution in [-0.4, -0.2) is 4.98 Å². The van der Waals surface area contributed by atoms with Crippen LogP contribution in [0.15, 0.2) is 12.1 Å². The van der Waals surface area contributed by atoms with Gasteiger partial charge in [-0.2, -0.15) is 18.4 Å². The lowest BCUT2D eigenvalue weighted by molar-refractivity contribution is -0.141. The smallest absolute Gasteiger partial charge is 0.232 e. The maximum Gasteiger partial charge on any atom is 0.433 e. The Labute approximate surface area is 94.7 Å². The molecule has 0 N–H and O–H groups in total. The Bertz CT molecular complexity index is 492. The second kappa shape index (κ2) is 4.87. The summed E-state index contributed by atoms with van der Waals surface area (Å²) in [6, 6.07) is 3.75. The van der Waals surface area contributed by atoms with Gasteiger partial charge in [0, 0.05) is 5.56 Å². The molecule has 1 rings (SSSR count). The molecule has 0 bridgehead atoms. The second-order valence-electron chi connectivity index (χ2n) is 2.70. The normalized spacial score (nSPS) is 10.2. The van der Waals surface area contributed by atoms with Crippen molar-refractivity contribution in [3.63, 3.8) is 0 Å². The van der Waals surface area contributed by atoms with Gasteiger partial charge in [0.25, 0.3) is 0 Å². The Morgan fingerprint density at radius 1 is 1.38 bits per heavy atom. The molecule has 1 aromatic heterocycles. The molecule has 16 heavy (non-hydrogen) atoms. The van der Waals surface area contributed by atoms with Crippen LogP contribution in [0.3, 0.4) is 0 Å². The van der Waals surface area contributed by atoms with Crippen LogP contribution in [0.5, 0.6) is 0 Å². The van der Waals surface area contributed by atoms with Crippen molar-refractivity contribution in [2.24, 2.45) is 0 Å². The fourth-order valence-corrected chi connectivity index (χ4v) is 1.11. The Kier molecular flexibility index (Phi) is 3.76.